The molecule has 2 saturated heterocycles. The topological polar surface area (TPSA) is 38.7 Å². The van der Waals surface area contributed by atoms with E-state index in [9.17, 15) is 5.11 Å². The molecule has 0 aromatic rings. The van der Waals surface area contributed by atoms with Gasteiger partial charge in [-0.05, 0) is 6.92 Å². The van der Waals surface area contributed by atoms with Gasteiger partial charge in [-0.25, -0.2) is 10.0 Å². The van der Waals surface area contributed by atoms with E-state index in [1.807, 2.05) is 6.92 Å². The maximum atomic E-state index is 9.53. The molecule has 0 saturated carbocycles. The Hall–Kier alpha value is -0.160. The van der Waals surface area contributed by atoms with Crippen LogP contribution in [0.2, 0.25) is 0 Å². The number of rotatable bonds is 1. The van der Waals surface area contributed by atoms with Crippen molar-refractivity contribution in [3.8, 4) is 0 Å². The largest absolute Gasteiger partial charge is 0.387 e. The Bertz CT molecular complexity index is 158. The average molecular weight is 171 g/mol. The molecule has 2 aliphatic heterocycles. The van der Waals surface area contributed by atoms with Gasteiger partial charge in [-0.2, -0.15) is 0 Å². The van der Waals surface area contributed by atoms with Crippen LogP contribution in [0.1, 0.15) is 6.92 Å². The normalized spacial score (nSPS) is 31.5. The van der Waals surface area contributed by atoms with Crippen LogP contribution in [0.5, 0.6) is 0 Å². The molecule has 2 rings (SSSR count). The Balaban J connectivity index is 1.79. The molecule has 0 aromatic heterocycles. The number of hydrogen-bond acceptors (Lipinski definition) is 4. The Morgan fingerprint density at radius 2 is 1.75 bits per heavy atom. The molecule has 0 spiro atoms. The average Bonchev–Trinajstić information content (AvgIpc) is 2.02. The monoisotopic (exact) mass is 171 g/mol. The van der Waals surface area contributed by atoms with Crippen molar-refractivity contribution in [1.29, 1.82) is 0 Å². The molecule has 70 valence electrons. The van der Waals surface area contributed by atoms with E-state index in [2.05, 4.69) is 15.3 Å². The van der Waals surface area contributed by atoms with Crippen LogP contribution in [-0.4, -0.2) is 60.0 Å². The molecule has 0 amide bonds. The SMILES string of the molecule is CC1(O)CN(N2CCNCC2)C1. The maximum Gasteiger partial charge on any atom is 0.0900 e. The first-order valence-corrected chi connectivity index (χ1v) is 4.60. The van der Waals surface area contributed by atoms with E-state index in [4.69, 9.17) is 0 Å². The van der Waals surface area contributed by atoms with E-state index in [0.717, 1.165) is 39.3 Å². The van der Waals surface area contributed by atoms with E-state index in [1.165, 1.54) is 0 Å². The summed E-state index contributed by atoms with van der Waals surface area (Å²) in [6, 6.07) is 0. The second kappa shape index (κ2) is 2.96. The summed E-state index contributed by atoms with van der Waals surface area (Å²) in [7, 11) is 0. The third kappa shape index (κ3) is 1.61. The Morgan fingerprint density at radius 3 is 2.25 bits per heavy atom. The van der Waals surface area contributed by atoms with Crippen LogP contribution in [0, 0.1) is 0 Å². The van der Waals surface area contributed by atoms with Crippen LogP contribution in [0.3, 0.4) is 0 Å². The van der Waals surface area contributed by atoms with E-state index < -0.39 is 5.60 Å². The summed E-state index contributed by atoms with van der Waals surface area (Å²) < 4.78 is 0. The highest BCUT2D eigenvalue weighted by atomic mass is 16.3. The van der Waals surface area contributed by atoms with Crippen LogP contribution >= 0.6 is 0 Å². The number of hydrazine groups is 1. The van der Waals surface area contributed by atoms with Gasteiger partial charge in [0.1, 0.15) is 0 Å². The van der Waals surface area contributed by atoms with Gasteiger partial charge >= 0.3 is 0 Å². The molecule has 0 radical (unpaired) electrons. The number of nitrogens with one attached hydrogen (secondary N) is 1. The molecule has 12 heavy (non-hydrogen) atoms. The van der Waals surface area contributed by atoms with Crippen molar-refractivity contribution in [3.63, 3.8) is 0 Å². The van der Waals surface area contributed by atoms with Crippen molar-refractivity contribution in [1.82, 2.24) is 15.3 Å². The third-order valence-electron chi connectivity index (χ3n) is 2.54. The molecule has 2 heterocycles. The second-order valence-electron chi connectivity index (χ2n) is 4.02. The smallest absolute Gasteiger partial charge is 0.0900 e. The lowest BCUT2D eigenvalue weighted by Gasteiger charge is -2.50. The van der Waals surface area contributed by atoms with Crippen molar-refractivity contribution >= 4 is 0 Å². The van der Waals surface area contributed by atoms with Gasteiger partial charge in [-0.1, -0.05) is 0 Å². The van der Waals surface area contributed by atoms with Gasteiger partial charge < -0.3 is 10.4 Å². The number of piperazine rings is 1. The summed E-state index contributed by atoms with van der Waals surface area (Å²) in [5, 5.41) is 17.4. The number of hydrogen-bond donors (Lipinski definition) is 2. The highest BCUT2D eigenvalue weighted by molar-refractivity contribution is 4.90. The lowest BCUT2D eigenvalue weighted by atomic mass is 9.99. The van der Waals surface area contributed by atoms with Crippen molar-refractivity contribution in [2.24, 2.45) is 0 Å². The molecule has 2 fully saturated rings. The molecule has 4 heteroatoms. The van der Waals surface area contributed by atoms with Gasteiger partial charge in [-0.3, -0.25) is 0 Å². The minimum absolute atomic E-state index is 0.440. The highest BCUT2D eigenvalue weighted by Crippen LogP contribution is 2.21. The van der Waals surface area contributed by atoms with Crippen molar-refractivity contribution in [2.45, 2.75) is 12.5 Å². The molecular formula is C8H17N3O. The summed E-state index contributed by atoms with van der Waals surface area (Å²) in [6.07, 6.45) is 0. The van der Waals surface area contributed by atoms with Crippen molar-refractivity contribution in [2.75, 3.05) is 39.3 Å². The van der Waals surface area contributed by atoms with Crippen molar-refractivity contribution in [3.05, 3.63) is 0 Å². The molecule has 2 N–H and O–H groups in total. The first kappa shape index (κ1) is 8.44. The van der Waals surface area contributed by atoms with E-state index in [-0.39, 0.29) is 0 Å². The van der Waals surface area contributed by atoms with Gasteiger partial charge in [0, 0.05) is 39.3 Å². The van der Waals surface area contributed by atoms with Crippen LogP contribution in [0.15, 0.2) is 0 Å². The molecular weight excluding hydrogens is 154 g/mol. The lowest BCUT2D eigenvalue weighted by molar-refractivity contribution is -0.187. The maximum absolute atomic E-state index is 9.53. The standard InChI is InChI=1S/C8H17N3O/c1-8(12)6-11(7-8)10-4-2-9-3-5-10/h9,12H,2-7H2,1H3. The Labute approximate surface area is 73.1 Å². The molecule has 2 aliphatic rings. The van der Waals surface area contributed by atoms with Gasteiger partial charge in [0.05, 0.1) is 5.60 Å². The van der Waals surface area contributed by atoms with Crippen LogP contribution < -0.4 is 5.32 Å². The predicted octanol–water partition coefficient (Wildman–Crippen LogP) is -1.13. The number of aliphatic hydroxyl groups is 1. The molecule has 0 bridgehead atoms. The fourth-order valence-electron chi connectivity index (χ4n) is 1.88. The van der Waals surface area contributed by atoms with Gasteiger partial charge in [0.2, 0.25) is 0 Å². The van der Waals surface area contributed by atoms with Gasteiger partial charge in [0.25, 0.3) is 0 Å². The molecule has 0 aliphatic carbocycles. The number of β-amino-alcohol motifs (C(OH)–C–C–N with tert-alkyl or cyclic N) is 1. The fourth-order valence-corrected chi connectivity index (χ4v) is 1.88. The summed E-state index contributed by atoms with van der Waals surface area (Å²) in [4.78, 5) is 0. The zero-order valence-corrected chi connectivity index (χ0v) is 7.58. The predicted molar refractivity (Wildman–Crippen MR) is 46.6 cm³/mol. The quantitative estimate of drug-likeness (QED) is 0.524. The molecule has 0 atom stereocenters. The summed E-state index contributed by atoms with van der Waals surface area (Å²) in [6.45, 7) is 7.79. The third-order valence-corrected chi connectivity index (χ3v) is 2.54. The zero-order chi connectivity index (χ0) is 8.60. The van der Waals surface area contributed by atoms with Crippen LogP contribution in [-0.2, 0) is 0 Å². The fraction of sp³-hybridized carbons (Fsp3) is 1.00. The van der Waals surface area contributed by atoms with Crippen molar-refractivity contribution < 1.29 is 5.11 Å². The summed E-state index contributed by atoms with van der Waals surface area (Å²) >= 11 is 0. The van der Waals surface area contributed by atoms with E-state index >= 15 is 0 Å². The Kier molecular flexibility index (Phi) is 2.08. The first-order valence-electron chi connectivity index (χ1n) is 4.60. The van der Waals surface area contributed by atoms with E-state index in [0.29, 0.717) is 0 Å². The van der Waals surface area contributed by atoms with E-state index in [1.54, 1.807) is 0 Å². The van der Waals surface area contributed by atoms with Gasteiger partial charge in [0.15, 0.2) is 0 Å². The summed E-state index contributed by atoms with van der Waals surface area (Å²) in [5.41, 5.74) is -0.440. The summed E-state index contributed by atoms with van der Waals surface area (Å²) in [5.74, 6) is 0. The highest BCUT2D eigenvalue weighted by Gasteiger charge is 2.39. The number of nitrogens with zero attached hydrogens (tertiary/aromatic N) is 2. The van der Waals surface area contributed by atoms with Crippen LogP contribution in [0.25, 0.3) is 0 Å². The lowest BCUT2D eigenvalue weighted by Crippen LogP contribution is -2.67. The zero-order valence-electron chi connectivity index (χ0n) is 7.58. The molecule has 4 nitrogen and oxygen atoms in total. The molecule has 0 aromatic carbocycles. The Morgan fingerprint density at radius 1 is 1.17 bits per heavy atom. The minimum atomic E-state index is -0.440. The first-order chi connectivity index (χ1) is 5.67. The van der Waals surface area contributed by atoms with Crippen LogP contribution in [0.4, 0.5) is 0 Å². The minimum Gasteiger partial charge on any atom is -0.387 e. The van der Waals surface area contributed by atoms with Gasteiger partial charge in [-0.15, -0.1) is 0 Å². The molecule has 0 unspecified atom stereocenters. The second-order valence-corrected chi connectivity index (χ2v) is 4.02.